The Balaban J connectivity index is 1.74. The van der Waals surface area contributed by atoms with Crippen LogP contribution in [-0.4, -0.2) is 11.5 Å². The minimum Gasteiger partial charge on any atom is -0.490 e. The Labute approximate surface area is 123 Å². The molecule has 0 saturated heterocycles. The molecular formula is C15H17Cl2FO. The molecule has 0 aliphatic heterocycles. The number of rotatable bonds is 2. The minimum absolute atomic E-state index is 0.107. The molecule has 2 fully saturated rings. The minimum atomic E-state index is -0.432. The summed E-state index contributed by atoms with van der Waals surface area (Å²) in [5.41, 5.74) is 0.107. The molecule has 2 unspecified atom stereocenters. The van der Waals surface area contributed by atoms with Crippen LogP contribution in [0.4, 0.5) is 4.39 Å². The van der Waals surface area contributed by atoms with Crippen molar-refractivity contribution in [3.63, 3.8) is 0 Å². The fraction of sp³-hybridized carbons (Fsp3) is 0.600. The summed E-state index contributed by atoms with van der Waals surface area (Å²) in [7, 11) is 0. The molecule has 2 atom stereocenters. The van der Waals surface area contributed by atoms with Crippen LogP contribution in [0.15, 0.2) is 18.2 Å². The van der Waals surface area contributed by atoms with Crippen molar-refractivity contribution < 1.29 is 9.13 Å². The van der Waals surface area contributed by atoms with E-state index < -0.39 is 5.82 Å². The van der Waals surface area contributed by atoms with Crippen molar-refractivity contribution >= 4 is 23.2 Å². The van der Waals surface area contributed by atoms with Gasteiger partial charge >= 0.3 is 0 Å². The van der Waals surface area contributed by atoms with Crippen molar-refractivity contribution in [2.24, 2.45) is 5.41 Å². The van der Waals surface area contributed by atoms with Crippen LogP contribution in [-0.2, 0) is 0 Å². The zero-order chi connectivity index (χ0) is 13.5. The van der Waals surface area contributed by atoms with E-state index in [0.717, 1.165) is 19.3 Å². The fourth-order valence-electron chi connectivity index (χ4n) is 3.42. The average Bonchev–Trinajstić information content (AvgIpc) is 2.43. The van der Waals surface area contributed by atoms with Crippen LogP contribution < -0.4 is 4.74 Å². The molecule has 1 aromatic carbocycles. The first-order chi connectivity index (χ1) is 9.12. The van der Waals surface area contributed by atoms with Gasteiger partial charge in [-0.25, -0.2) is 4.39 Å². The first-order valence-corrected chi connectivity index (χ1v) is 7.69. The number of ether oxygens (including phenoxy) is 1. The molecule has 2 aliphatic rings. The summed E-state index contributed by atoms with van der Waals surface area (Å²) >= 11 is 12.1. The molecule has 4 heteroatoms. The SMILES string of the molecule is Fc1cc(OC2CC(Cl)C23CCCCC3)ccc1Cl. The zero-order valence-electron chi connectivity index (χ0n) is 10.7. The molecular weight excluding hydrogens is 286 g/mol. The Bertz CT molecular complexity index is 471. The van der Waals surface area contributed by atoms with Crippen LogP contribution in [0, 0.1) is 11.2 Å². The molecule has 1 nitrogen and oxygen atoms in total. The van der Waals surface area contributed by atoms with Crippen molar-refractivity contribution in [2.45, 2.75) is 50.0 Å². The highest BCUT2D eigenvalue weighted by Crippen LogP contribution is 2.55. The highest BCUT2D eigenvalue weighted by atomic mass is 35.5. The molecule has 3 rings (SSSR count). The van der Waals surface area contributed by atoms with E-state index in [1.165, 1.54) is 31.4 Å². The standard InChI is InChI=1S/C15H17Cl2FO/c16-11-5-4-10(8-12(11)18)19-14-9-13(17)15(14)6-2-1-3-7-15/h4-5,8,13-14H,1-3,6-7,9H2. The molecule has 2 saturated carbocycles. The van der Waals surface area contributed by atoms with Crippen molar-refractivity contribution in [3.8, 4) is 5.75 Å². The summed E-state index contributed by atoms with van der Waals surface area (Å²) in [5, 5.41) is 0.332. The maximum atomic E-state index is 13.4. The van der Waals surface area contributed by atoms with Crippen molar-refractivity contribution in [2.75, 3.05) is 0 Å². The van der Waals surface area contributed by atoms with E-state index in [2.05, 4.69) is 0 Å². The highest BCUT2D eigenvalue weighted by Gasteiger charge is 2.55. The van der Waals surface area contributed by atoms with E-state index in [0.29, 0.717) is 5.75 Å². The molecule has 1 aromatic rings. The van der Waals surface area contributed by atoms with Crippen LogP contribution in [0.3, 0.4) is 0 Å². The highest BCUT2D eigenvalue weighted by molar-refractivity contribution is 6.30. The number of halogens is 3. The van der Waals surface area contributed by atoms with Crippen molar-refractivity contribution in [1.29, 1.82) is 0 Å². The Morgan fingerprint density at radius 3 is 2.58 bits per heavy atom. The van der Waals surface area contributed by atoms with Gasteiger partial charge in [-0.2, -0.15) is 0 Å². The van der Waals surface area contributed by atoms with Gasteiger partial charge in [0.2, 0.25) is 0 Å². The van der Waals surface area contributed by atoms with E-state index >= 15 is 0 Å². The number of hydrogen-bond donors (Lipinski definition) is 0. The van der Waals surface area contributed by atoms with Crippen LogP contribution in [0.25, 0.3) is 0 Å². The van der Waals surface area contributed by atoms with Gasteiger partial charge in [-0.3, -0.25) is 0 Å². The Morgan fingerprint density at radius 2 is 1.95 bits per heavy atom. The lowest BCUT2D eigenvalue weighted by atomic mass is 9.58. The lowest BCUT2D eigenvalue weighted by Gasteiger charge is -2.55. The summed E-state index contributed by atoms with van der Waals surface area (Å²) < 4.78 is 19.4. The van der Waals surface area contributed by atoms with E-state index in [-0.39, 0.29) is 21.9 Å². The summed E-state index contributed by atoms with van der Waals surface area (Å²) in [5.74, 6) is 0.124. The number of alkyl halides is 1. The molecule has 0 amide bonds. The third-order valence-corrected chi connectivity index (χ3v) is 5.56. The van der Waals surface area contributed by atoms with Crippen LogP contribution >= 0.6 is 23.2 Å². The molecule has 0 heterocycles. The quantitative estimate of drug-likeness (QED) is 0.683. The fourth-order valence-corrected chi connectivity index (χ4v) is 4.06. The normalized spacial score (nSPS) is 29.0. The van der Waals surface area contributed by atoms with Gasteiger partial charge in [-0.1, -0.05) is 30.9 Å². The predicted octanol–water partition coefficient (Wildman–Crippen LogP) is 5.19. The predicted molar refractivity (Wildman–Crippen MR) is 75.6 cm³/mol. The summed E-state index contributed by atoms with van der Waals surface area (Å²) in [6.07, 6.45) is 6.95. The Kier molecular flexibility index (Phi) is 3.65. The van der Waals surface area contributed by atoms with Gasteiger partial charge in [0.1, 0.15) is 17.7 Å². The lowest BCUT2D eigenvalue weighted by Crippen LogP contribution is -2.58. The number of benzene rings is 1. The maximum absolute atomic E-state index is 13.4. The van der Waals surface area contributed by atoms with Crippen molar-refractivity contribution in [1.82, 2.24) is 0 Å². The second kappa shape index (κ2) is 5.14. The largest absolute Gasteiger partial charge is 0.490 e. The molecule has 0 bridgehead atoms. The second-order valence-corrected chi connectivity index (χ2v) is 6.61. The summed E-state index contributed by atoms with van der Waals surface area (Å²) in [6.45, 7) is 0. The van der Waals surface area contributed by atoms with Gasteiger partial charge in [-0.15, -0.1) is 11.6 Å². The first kappa shape index (κ1) is 13.5. The van der Waals surface area contributed by atoms with Gasteiger partial charge in [0.15, 0.2) is 0 Å². The first-order valence-electron chi connectivity index (χ1n) is 6.87. The Hall–Kier alpha value is -0.470. The smallest absolute Gasteiger partial charge is 0.145 e. The molecule has 104 valence electrons. The van der Waals surface area contributed by atoms with Gasteiger partial charge in [-0.05, 0) is 25.0 Å². The van der Waals surface area contributed by atoms with Gasteiger partial charge in [0.25, 0.3) is 0 Å². The monoisotopic (exact) mass is 302 g/mol. The second-order valence-electron chi connectivity index (χ2n) is 5.68. The Morgan fingerprint density at radius 1 is 1.21 bits per heavy atom. The summed E-state index contributed by atoms with van der Waals surface area (Å²) in [4.78, 5) is 0. The molecule has 0 N–H and O–H groups in total. The van der Waals surface area contributed by atoms with Crippen LogP contribution in [0.1, 0.15) is 38.5 Å². The zero-order valence-corrected chi connectivity index (χ0v) is 12.2. The molecule has 0 radical (unpaired) electrons. The van der Waals surface area contributed by atoms with E-state index in [9.17, 15) is 4.39 Å². The van der Waals surface area contributed by atoms with Gasteiger partial charge < -0.3 is 4.74 Å². The lowest BCUT2D eigenvalue weighted by molar-refractivity contribution is -0.0651. The third-order valence-electron chi connectivity index (χ3n) is 4.64. The maximum Gasteiger partial charge on any atom is 0.145 e. The summed E-state index contributed by atoms with van der Waals surface area (Å²) in [6, 6.07) is 4.63. The molecule has 0 aromatic heterocycles. The van der Waals surface area contributed by atoms with Gasteiger partial charge in [0.05, 0.1) is 5.02 Å². The molecule has 1 spiro atoms. The third kappa shape index (κ3) is 2.34. The topological polar surface area (TPSA) is 9.23 Å². The molecule has 2 aliphatic carbocycles. The van der Waals surface area contributed by atoms with Crippen molar-refractivity contribution in [3.05, 3.63) is 29.0 Å². The number of hydrogen-bond acceptors (Lipinski definition) is 1. The van der Waals surface area contributed by atoms with E-state index in [1.807, 2.05) is 0 Å². The average molecular weight is 303 g/mol. The molecule has 19 heavy (non-hydrogen) atoms. The van der Waals surface area contributed by atoms with E-state index in [4.69, 9.17) is 27.9 Å². The van der Waals surface area contributed by atoms with Crippen LogP contribution in [0.2, 0.25) is 5.02 Å². The van der Waals surface area contributed by atoms with Gasteiger partial charge in [0, 0.05) is 23.3 Å². The van der Waals surface area contributed by atoms with Crippen LogP contribution in [0.5, 0.6) is 5.75 Å². The van der Waals surface area contributed by atoms with E-state index in [1.54, 1.807) is 6.07 Å².